The highest BCUT2D eigenvalue weighted by molar-refractivity contribution is 7.14. The van der Waals surface area contributed by atoms with Crippen molar-refractivity contribution in [1.29, 1.82) is 0 Å². The van der Waals surface area contributed by atoms with Crippen LogP contribution in [0.2, 0.25) is 0 Å². The van der Waals surface area contributed by atoms with E-state index in [1.807, 2.05) is 31.1 Å². The van der Waals surface area contributed by atoms with Gasteiger partial charge in [-0.1, -0.05) is 20.8 Å². The van der Waals surface area contributed by atoms with Crippen molar-refractivity contribution in [3.63, 3.8) is 0 Å². The zero-order chi connectivity index (χ0) is 32.9. The maximum atomic E-state index is 13.8. The fraction of sp³-hybridized carbons (Fsp3) is 0.484. The van der Waals surface area contributed by atoms with Crippen molar-refractivity contribution in [3.05, 3.63) is 57.0 Å². The van der Waals surface area contributed by atoms with Gasteiger partial charge < -0.3 is 24.8 Å². The topological polar surface area (TPSA) is 164 Å². The van der Waals surface area contributed by atoms with Gasteiger partial charge in [-0.3, -0.25) is 19.3 Å². The van der Waals surface area contributed by atoms with Crippen molar-refractivity contribution in [2.75, 3.05) is 36.5 Å². The lowest BCUT2D eigenvalue weighted by Gasteiger charge is -2.33. The van der Waals surface area contributed by atoms with E-state index in [0.29, 0.717) is 42.4 Å². The third kappa shape index (κ3) is 8.88. The van der Waals surface area contributed by atoms with Crippen LogP contribution in [0.1, 0.15) is 76.0 Å². The number of aliphatic hydroxyl groups excluding tert-OH is 1. The molecule has 0 saturated carbocycles. The summed E-state index contributed by atoms with van der Waals surface area (Å²) in [5.74, 6) is -0.674. The number of thiazole rings is 1. The SMILES string of the molecule is CC(C)(C)OC(=O)/C=C/c1c(N2CCC(OC(=O)NCCO)CC2)nc2cc(C(=O)Nc3nc(C(C)(C)C)cs3)ccn2c1=O. The number of hydrogen-bond acceptors (Lipinski definition) is 11. The summed E-state index contributed by atoms with van der Waals surface area (Å²) >= 11 is 1.33. The van der Waals surface area contributed by atoms with Gasteiger partial charge in [0, 0.05) is 61.1 Å². The molecule has 0 radical (unpaired) electrons. The summed E-state index contributed by atoms with van der Waals surface area (Å²) in [7, 11) is 0. The average molecular weight is 641 g/mol. The van der Waals surface area contributed by atoms with E-state index in [0.717, 1.165) is 5.69 Å². The van der Waals surface area contributed by atoms with Gasteiger partial charge >= 0.3 is 12.1 Å². The van der Waals surface area contributed by atoms with E-state index in [1.54, 1.807) is 20.8 Å². The lowest BCUT2D eigenvalue weighted by atomic mass is 9.93. The minimum atomic E-state index is -0.712. The van der Waals surface area contributed by atoms with Crippen LogP contribution in [-0.4, -0.2) is 75.4 Å². The van der Waals surface area contributed by atoms with Crippen LogP contribution in [0.4, 0.5) is 15.7 Å². The summed E-state index contributed by atoms with van der Waals surface area (Å²) in [6, 6.07) is 3.05. The molecule has 1 saturated heterocycles. The van der Waals surface area contributed by atoms with E-state index < -0.39 is 29.1 Å². The van der Waals surface area contributed by atoms with Crippen LogP contribution in [0, 0.1) is 0 Å². The van der Waals surface area contributed by atoms with Gasteiger partial charge in [0.05, 0.1) is 17.9 Å². The van der Waals surface area contributed by atoms with E-state index in [2.05, 4.69) is 15.6 Å². The average Bonchev–Trinajstić information content (AvgIpc) is 3.44. The predicted octanol–water partition coefficient (Wildman–Crippen LogP) is 3.74. The van der Waals surface area contributed by atoms with Gasteiger partial charge in [0.25, 0.3) is 11.5 Å². The van der Waals surface area contributed by atoms with Crippen LogP contribution in [0.3, 0.4) is 0 Å². The number of amides is 2. The first kappa shape index (κ1) is 33.6. The molecule has 1 aliphatic heterocycles. The Morgan fingerprint density at radius 2 is 1.84 bits per heavy atom. The van der Waals surface area contributed by atoms with Crippen molar-refractivity contribution in [2.24, 2.45) is 0 Å². The highest BCUT2D eigenvalue weighted by atomic mass is 32.1. The molecule has 4 heterocycles. The number of pyridine rings is 1. The predicted molar refractivity (Wildman–Crippen MR) is 172 cm³/mol. The minimum Gasteiger partial charge on any atom is -0.457 e. The van der Waals surface area contributed by atoms with Gasteiger partial charge in [0.2, 0.25) is 0 Å². The molecule has 0 unspecified atom stereocenters. The Bertz CT molecular complexity index is 1640. The van der Waals surface area contributed by atoms with Gasteiger partial charge in [-0.05, 0) is 39.0 Å². The minimum absolute atomic E-state index is 0.0950. The number of aliphatic hydroxyl groups is 1. The molecule has 0 atom stereocenters. The third-order valence-electron chi connectivity index (χ3n) is 6.79. The van der Waals surface area contributed by atoms with Crippen LogP contribution < -0.4 is 21.1 Å². The van der Waals surface area contributed by atoms with Crippen LogP contribution >= 0.6 is 11.3 Å². The summed E-state index contributed by atoms with van der Waals surface area (Å²) in [4.78, 5) is 62.5. The number of rotatable bonds is 8. The third-order valence-corrected chi connectivity index (χ3v) is 7.55. The van der Waals surface area contributed by atoms with Gasteiger partial charge in [-0.25, -0.2) is 19.6 Å². The maximum absolute atomic E-state index is 13.8. The number of aromatic nitrogens is 3. The molecule has 1 fully saturated rings. The van der Waals surface area contributed by atoms with E-state index in [9.17, 15) is 19.2 Å². The summed E-state index contributed by atoms with van der Waals surface area (Å²) in [5.41, 5.74) is 0.270. The van der Waals surface area contributed by atoms with E-state index in [4.69, 9.17) is 19.6 Å². The highest BCUT2D eigenvalue weighted by Gasteiger charge is 2.26. The second kappa shape index (κ2) is 13.8. The number of hydrogen-bond donors (Lipinski definition) is 3. The number of ether oxygens (including phenoxy) is 2. The number of fused-ring (bicyclic) bond motifs is 1. The van der Waals surface area contributed by atoms with Crippen molar-refractivity contribution in [1.82, 2.24) is 19.7 Å². The fourth-order valence-electron chi connectivity index (χ4n) is 4.54. The molecule has 2 amide bonds. The van der Waals surface area contributed by atoms with Crippen molar-refractivity contribution < 1.29 is 29.0 Å². The molecule has 3 aromatic heterocycles. The molecule has 3 aromatic rings. The standard InChI is InChI=1S/C31H40N6O7S/c1-30(2,3)22-18-45-28(33-22)35-26(40)19-9-15-37-23(17-19)34-25(21(27(37)41)7-8-24(39)44-31(4,5)6)36-13-10-20(11-14-36)43-29(42)32-12-16-38/h7-9,15,17-18,20,38H,10-14,16H2,1-6H3,(H,32,42)(H,33,35,40)/b8-7+. The molecule has 0 spiro atoms. The zero-order valence-electron chi connectivity index (χ0n) is 26.4. The second-order valence-electron chi connectivity index (χ2n) is 12.6. The monoisotopic (exact) mass is 640 g/mol. The van der Waals surface area contributed by atoms with E-state index in [1.165, 1.54) is 46.2 Å². The summed E-state index contributed by atoms with van der Waals surface area (Å²) in [6.07, 6.45) is 4.03. The van der Waals surface area contributed by atoms with Crippen molar-refractivity contribution >= 4 is 52.0 Å². The smallest absolute Gasteiger partial charge is 0.407 e. The zero-order valence-corrected chi connectivity index (χ0v) is 27.2. The first-order chi connectivity index (χ1) is 21.1. The molecule has 45 heavy (non-hydrogen) atoms. The fourth-order valence-corrected chi connectivity index (χ4v) is 5.47. The number of carbonyl (C=O) groups excluding carboxylic acids is 3. The number of nitrogens with zero attached hydrogens (tertiary/aromatic N) is 4. The van der Waals surface area contributed by atoms with Crippen LogP contribution in [-0.2, 0) is 19.7 Å². The second-order valence-corrected chi connectivity index (χ2v) is 13.5. The largest absolute Gasteiger partial charge is 0.457 e. The first-order valence-electron chi connectivity index (χ1n) is 14.7. The van der Waals surface area contributed by atoms with Crippen molar-refractivity contribution in [3.8, 4) is 0 Å². The molecule has 0 aliphatic carbocycles. The number of anilines is 2. The van der Waals surface area contributed by atoms with Crippen molar-refractivity contribution in [2.45, 2.75) is 71.5 Å². The number of carbonyl (C=O) groups is 3. The number of esters is 1. The molecule has 0 bridgehead atoms. The number of piperidine rings is 1. The first-order valence-corrected chi connectivity index (χ1v) is 15.6. The molecule has 242 valence electrons. The number of alkyl carbamates (subject to hydrolysis) is 1. The van der Waals surface area contributed by atoms with Crippen LogP contribution in [0.15, 0.2) is 34.6 Å². The summed E-state index contributed by atoms with van der Waals surface area (Å²) < 4.78 is 12.1. The molecule has 13 nitrogen and oxygen atoms in total. The van der Waals surface area contributed by atoms with Gasteiger partial charge in [-0.2, -0.15) is 0 Å². The van der Waals surface area contributed by atoms with Gasteiger partial charge in [-0.15, -0.1) is 11.3 Å². The number of nitrogens with one attached hydrogen (secondary N) is 2. The lowest BCUT2D eigenvalue weighted by molar-refractivity contribution is -0.148. The molecular formula is C31H40N6O7S. The molecule has 1 aliphatic rings. The van der Waals surface area contributed by atoms with Crippen LogP contribution in [0.25, 0.3) is 11.7 Å². The quantitative estimate of drug-likeness (QED) is 0.244. The molecular weight excluding hydrogens is 600 g/mol. The Morgan fingerprint density at radius 3 is 2.47 bits per heavy atom. The van der Waals surface area contributed by atoms with E-state index >= 15 is 0 Å². The Hall–Kier alpha value is -4.30. The lowest BCUT2D eigenvalue weighted by Crippen LogP contribution is -2.41. The van der Waals surface area contributed by atoms with E-state index in [-0.39, 0.29) is 35.9 Å². The maximum Gasteiger partial charge on any atom is 0.407 e. The highest BCUT2D eigenvalue weighted by Crippen LogP contribution is 2.27. The molecule has 3 N–H and O–H groups in total. The normalized spacial score (nSPS) is 14.5. The van der Waals surface area contributed by atoms with Gasteiger partial charge in [0.15, 0.2) is 5.13 Å². The molecule has 14 heteroatoms. The Kier molecular flexibility index (Phi) is 10.3. The Labute approximate surface area is 265 Å². The summed E-state index contributed by atoms with van der Waals surface area (Å²) in [6.45, 7) is 12.1. The summed E-state index contributed by atoms with van der Waals surface area (Å²) in [5, 5.41) is 16.6. The molecule has 0 aromatic carbocycles. The Balaban J connectivity index is 1.64. The van der Waals surface area contributed by atoms with Gasteiger partial charge in [0.1, 0.15) is 23.2 Å². The molecule has 4 rings (SSSR count). The van der Waals surface area contributed by atoms with Crippen LogP contribution in [0.5, 0.6) is 0 Å². The Morgan fingerprint density at radius 1 is 1.13 bits per heavy atom.